The van der Waals surface area contributed by atoms with Gasteiger partial charge in [0.15, 0.2) is 0 Å². The van der Waals surface area contributed by atoms with Crippen LogP contribution in [0.2, 0.25) is 0 Å². The quantitative estimate of drug-likeness (QED) is 0.387. The first kappa shape index (κ1) is 17.5. The van der Waals surface area contributed by atoms with Gasteiger partial charge in [-0.25, -0.2) is 4.39 Å². The summed E-state index contributed by atoms with van der Waals surface area (Å²) in [5.74, 6) is -0.235. The lowest BCUT2D eigenvalue weighted by molar-refractivity contribution is 0.628. The third-order valence-electron chi connectivity index (χ3n) is 6.31. The highest BCUT2D eigenvalue weighted by Gasteiger charge is 2.40. The summed E-state index contributed by atoms with van der Waals surface area (Å²) in [5.41, 5.74) is 9.27. The number of nitrogens with zero attached hydrogens (tertiary/aromatic N) is 3. The summed E-state index contributed by atoms with van der Waals surface area (Å²) >= 11 is 0. The molecule has 3 aromatic carbocycles. The summed E-state index contributed by atoms with van der Waals surface area (Å²) in [7, 11) is 0. The molecule has 0 spiro atoms. The second-order valence-electron chi connectivity index (χ2n) is 8.29. The topological polar surface area (TPSA) is 59.8 Å². The van der Waals surface area contributed by atoms with E-state index in [2.05, 4.69) is 50.4 Å². The van der Waals surface area contributed by atoms with Crippen molar-refractivity contribution in [3.05, 3.63) is 96.2 Å². The van der Waals surface area contributed by atoms with Gasteiger partial charge in [0, 0.05) is 33.9 Å². The van der Waals surface area contributed by atoms with Crippen LogP contribution < -0.4 is 4.90 Å². The molecule has 1 atom stereocenters. The molecule has 2 N–H and O–H groups in total. The van der Waals surface area contributed by atoms with Gasteiger partial charge in [-0.3, -0.25) is 10.1 Å². The summed E-state index contributed by atoms with van der Waals surface area (Å²) < 4.78 is 13.9. The van der Waals surface area contributed by atoms with Crippen LogP contribution in [0, 0.1) is 5.82 Å². The molecule has 2 aliphatic rings. The number of nitrogens with one attached hydrogen (secondary N) is 2. The SMILES string of the molecule is Fc1cccc(-c2cccc3[nH]c(C4=NC5CN5c5ccc(-c6cn[nH]c6)cc54)cc23)c1. The Bertz CT molecular complexity index is 1530. The van der Waals surface area contributed by atoms with E-state index < -0.39 is 0 Å². The number of hydrogen-bond acceptors (Lipinski definition) is 3. The third kappa shape index (κ3) is 2.62. The molecule has 1 unspecified atom stereocenters. The predicted molar refractivity (Wildman–Crippen MR) is 124 cm³/mol. The van der Waals surface area contributed by atoms with Gasteiger partial charge in [0.05, 0.1) is 24.1 Å². The maximum atomic E-state index is 13.9. The monoisotopic (exact) mass is 419 g/mol. The molecule has 0 aliphatic carbocycles. The molecule has 6 heteroatoms. The van der Waals surface area contributed by atoms with E-state index in [0.29, 0.717) is 0 Å². The van der Waals surface area contributed by atoms with E-state index in [9.17, 15) is 4.39 Å². The van der Waals surface area contributed by atoms with E-state index in [0.717, 1.165) is 56.7 Å². The van der Waals surface area contributed by atoms with E-state index in [-0.39, 0.29) is 12.0 Å². The van der Waals surface area contributed by atoms with E-state index in [4.69, 9.17) is 4.99 Å². The summed E-state index contributed by atoms with van der Waals surface area (Å²) in [4.78, 5) is 10.9. The van der Waals surface area contributed by atoms with Crippen molar-refractivity contribution in [2.24, 2.45) is 4.99 Å². The molecule has 32 heavy (non-hydrogen) atoms. The number of fused-ring (bicyclic) bond motifs is 4. The first-order valence-corrected chi connectivity index (χ1v) is 10.6. The van der Waals surface area contributed by atoms with Gasteiger partial charge in [-0.1, -0.05) is 30.3 Å². The molecule has 7 rings (SSSR count). The summed E-state index contributed by atoms with van der Waals surface area (Å²) in [6, 6.07) is 21.5. The number of aromatic nitrogens is 3. The first-order chi connectivity index (χ1) is 15.7. The Morgan fingerprint density at radius 2 is 1.84 bits per heavy atom. The minimum atomic E-state index is -0.235. The molecule has 0 amide bonds. The van der Waals surface area contributed by atoms with Gasteiger partial charge in [0.25, 0.3) is 0 Å². The zero-order valence-electron chi connectivity index (χ0n) is 17.0. The predicted octanol–water partition coefficient (Wildman–Crippen LogP) is 5.36. The molecule has 5 nitrogen and oxygen atoms in total. The van der Waals surface area contributed by atoms with E-state index in [1.165, 1.54) is 11.8 Å². The van der Waals surface area contributed by atoms with Crippen molar-refractivity contribution in [2.75, 3.05) is 11.4 Å². The minimum Gasteiger partial charge on any atom is -0.353 e. The summed E-state index contributed by atoms with van der Waals surface area (Å²) in [6.07, 6.45) is 3.93. The van der Waals surface area contributed by atoms with Crippen molar-refractivity contribution in [1.29, 1.82) is 0 Å². The van der Waals surface area contributed by atoms with E-state index in [1.54, 1.807) is 12.1 Å². The molecule has 0 bridgehead atoms. The van der Waals surface area contributed by atoms with Crippen LogP contribution >= 0.6 is 0 Å². The largest absolute Gasteiger partial charge is 0.353 e. The molecule has 2 aliphatic heterocycles. The summed E-state index contributed by atoms with van der Waals surface area (Å²) in [5, 5.41) is 8.03. The molecule has 0 radical (unpaired) electrons. The maximum absolute atomic E-state index is 13.9. The van der Waals surface area contributed by atoms with Gasteiger partial charge >= 0.3 is 0 Å². The number of aromatic amines is 2. The van der Waals surface area contributed by atoms with Crippen molar-refractivity contribution < 1.29 is 4.39 Å². The van der Waals surface area contributed by atoms with Crippen LogP contribution in [0.25, 0.3) is 33.2 Å². The van der Waals surface area contributed by atoms with Crippen molar-refractivity contribution in [3.63, 3.8) is 0 Å². The Hall–Kier alpha value is -4.19. The highest BCUT2D eigenvalue weighted by atomic mass is 19.1. The molecule has 0 saturated carbocycles. The van der Waals surface area contributed by atoms with Crippen molar-refractivity contribution in [2.45, 2.75) is 6.17 Å². The maximum Gasteiger partial charge on any atom is 0.139 e. The van der Waals surface area contributed by atoms with Crippen LogP contribution in [-0.2, 0) is 0 Å². The lowest BCUT2D eigenvalue weighted by Crippen LogP contribution is -2.16. The molecule has 5 aromatic rings. The highest BCUT2D eigenvalue weighted by molar-refractivity contribution is 6.19. The smallest absolute Gasteiger partial charge is 0.139 e. The number of aliphatic imine (C=N–C) groups is 1. The lowest BCUT2D eigenvalue weighted by atomic mass is 9.98. The fourth-order valence-corrected chi connectivity index (χ4v) is 4.69. The second-order valence-corrected chi connectivity index (χ2v) is 8.29. The molecule has 154 valence electrons. The van der Waals surface area contributed by atoms with Crippen molar-refractivity contribution in [3.8, 4) is 22.3 Å². The van der Waals surface area contributed by atoms with E-state index in [1.807, 2.05) is 30.6 Å². The lowest BCUT2D eigenvalue weighted by Gasteiger charge is -2.18. The van der Waals surface area contributed by atoms with Crippen LogP contribution in [-0.4, -0.2) is 33.6 Å². The number of rotatable bonds is 3. The number of hydrogen-bond donors (Lipinski definition) is 2. The number of halogens is 1. The number of H-pyrrole nitrogens is 2. The van der Waals surface area contributed by atoms with Gasteiger partial charge in [-0.2, -0.15) is 5.10 Å². The zero-order valence-corrected chi connectivity index (χ0v) is 17.0. The Labute approximate surface area is 183 Å². The summed E-state index contributed by atoms with van der Waals surface area (Å²) in [6.45, 7) is 0.941. The number of anilines is 1. The molecule has 2 aromatic heterocycles. The highest BCUT2D eigenvalue weighted by Crippen LogP contribution is 2.40. The minimum absolute atomic E-state index is 0.200. The van der Waals surface area contributed by atoms with Crippen LogP contribution in [0.4, 0.5) is 10.1 Å². The average Bonchev–Trinajstić information content (AvgIpc) is 3.20. The second kappa shape index (κ2) is 6.40. The normalized spacial score (nSPS) is 16.6. The Morgan fingerprint density at radius 3 is 2.72 bits per heavy atom. The fraction of sp³-hybridized carbons (Fsp3) is 0.0769. The zero-order chi connectivity index (χ0) is 21.2. The van der Waals surface area contributed by atoms with Crippen LogP contribution in [0.3, 0.4) is 0 Å². The third-order valence-corrected chi connectivity index (χ3v) is 6.31. The van der Waals surface area contributed by atoms with Gasteiger partial charge in [0.1, 0.15) is 12.0 Å². The van der Waals surface area contributed by atoms with Gasteiger partial charge < -0.3 is 9.88 Å². The average molecular weight is 419 g/mol. The standard InChI is InChI=1S/C26H18FN5/c27-18-4-1-3-16(9-18)19-5-2-6-22-20(19)11-23(30-22)26-21-10-15(17-12-28-29-13-17)7-8-24(21)32-14-25(32)31-26/h1-13,25,30H,14H2,(H,28,29). The van der Waals surface area contributed by atoms with Crippen LogP contribution in [0.1, 0.15) is 11.3 Å². The Kier molecular flexibility index (Phi) is 3.50. The van der Waals surface area contributed by atoms with Crippen molar-refractivity contribution in [1.82, 2.24) is 15.2 Å². The van der Waals surface area contributed by atoms with Gasteiger partial charge in [0.2, 0.25) is 0 Å². The Morgan fingerprint density at radius 1 is 0.906 bits per heavy atom. The van der Waals surface area contributed by atoms with Gasteiger partial charge in [-0.15, -0.1) is 0 Å². The Balaban J connectivity index is 1.39. The van der Waals surface area contributed by atoms with Crippen LogP contribution in [0.15, 0.2) is 84.1 Å². The fourth-order valence-electron chi connectivity index (χ4n) is 4.69. The molecule has 4 heterocycles. The number of benzene rings is 3. The molecular formula is C26H18FN5. The van der Waals surface area contributed by atoms with E-state index >= 15 is 0 Å². The van der Waals surface area contributed by atoms with Crippen LogP contribution in [0.5, 0.6) is 0 Å². The molecule has 1 fully saturated rings. The van der Waals surface area contributed by atoms with Gasteiger partial charge in [-0.05, 0) is 53.1 Å². The first-order valence-electron chi connectivity index (χ1n) is 10.6. The molecule has 1 saturated heterocycles. The molecular weight excluding hydrogens is 401 g/mol. The van der Waals surface area contributed by atoms with Crippen molar-refractivity contribution >= 4 is 22.3 Å².